The van der Waals surface area contributed by atoms with Gasteiger partial charge < -0.3 is 10.1 Å². The zero-order chi connectivity index (χ0) is 10.1. The molecule has 0 spiro atoms. The second-order valence-electron chi connectivity index (χ2n) is 3.82. The lowest BCUT2D eigenvalue weighted by Crippen LogP contribution is -2.56. The Kier molecular flexibility index (Phi) is 2.21. The maximum absolute atomic E-state index is 5.77. The van der Waals surface area contributed by atoms with Crippen molar-refractivity contribution in [1.82, 2.24) is 10.4 Å². The molecule has 0 aliphatic carbocycles. The van der Waals surface area contributed by atoms with Crippen molar-refractivity contribution in [2.24, 2.45) is 0 Å². The van der Waals surface area contributed by atoms with E-state index in [2.05, 4.69) is 17.4 Å². The van der Waals surface area contributed by atoms with Gasteiger partial charge >= 0.3 is 0 Å². The van der Waals surface area contributed by atoms with Crippen LogP contribution in [0.1, 0.15) is 5.56 Å². The predicted octanol–water partition coefficient (Wildman–Crippen LogP) is 0.664. The van der Waals surface area contributed by atoms with Crippen LogP contribution in [0.3, 0.4) is 0 Å². The molecule has 2 saturated heterocycles. The van der Waals surface area contributed by atoms with Crippen molar-refractivity contribution in [3.63, 3.8) is 0 Å². The molecular weight excluding hydrogens is 192 g/mol. The van der Waals surface area contributed by atoms with Crippen LogP contribution in [0.2, 0.25) is 0 Å². The van der Waals surface area contributed by atoms with Gasteiger partial charge in [-0.3, -0.25) is 4.84 Å². The highest BCUT2D eigenvalue weighted by Crippen LogP contribution is 2.35. The van der Waals surface area contributed by atoms with Gasteiger partial charge in [0.1, 0.15) is 0 Å². The first-order chi connectivity index (χ1) is 7.42. The number of hydroxylamine groups is 2. The van der Waals surface area contributed by atoms with Crippen molar-refractivity contribution < 1.29 is 9.57 Å². The molecule has 2 aliphatic heterocycles. The van der Waals surface area contributed by atoms with Crippen LogP contribution >= 0.6 is 0 Å². The van der Waals surface area contributed by atoms with Crippen LogP contribution in [0.15, 0.2) is 30.3 Å². The molecule has 4 heteroatoms. The third-order valence-electron chi connectivity index (χ3n) is 2.99. The van der Waals surface area contributed by atoms with Crippen molar-refractivity contribution in [1.29, 1.82) is 0 Å². The van der Waals surface area contributed by atoms with Gasteiger partial charge in [-0.15, -0.1) is 5.06 Å². The van der Waals surface area contributed by atoms with Crippen LogP contribution in [0, 0.1) is 0 Å². The van der Waals surface area contributed by atoms with Crippen LogP contribution < -0.4 is 5.32 Å². The lowest BCUT2D eigenvalue weighted by Gasteiger charge is -2.38. The normalized spacial score (nSPS) is 31.5. The highest BCUT2D eigenvalue weighted by Gasteiger charge is 2.46. The first-order valence-electron chi connectivity index (χ1n) is 5.23. The molecule has 0 amide bonds. The first-order valence-corrected chi connectivity index (χ1v) is 5.23. The third-order valence-corrected chi connectivity index (χ3v) is 2.99. The monoisotopic (exact) mass is 206 g/mol. The molecule has 80 valence electrons. The predicted molar refractivity (Wildman–Crippen MR) is 54.7 cm³/mol. The molecule has 1 atom stereocenters. The second kappa shape index (κ2) is 3.57. The Balaban J connectivity index is 2.00. The van der Waals surface area contributed by atoms with Crippen molar-refractivity contribution in [3.8, 4) is 0 Å². The summed E-state index contributed by atoms with van der Waals surface area (Å²) in [5.74, 6) is 0. The Morgan fingerprint density at radius 1 is 1.27 bits per heavy atom. The molecular formula is C11H14N2O2. The fraction of sp³-hybridized carbons (Fsp3) is 0.455. The standard InChI is InChI=1S/C11H14N2O2/c1-2-4-10(5-3-1)11-8-12-6-7-13(11)15-9-14-11/h1-5,12H,6-9H2. The lowest BCUT2D eigenvalue weighted by atomic mass is 10.0. The molecule has 1 aromatic carbocycles. The molecule has 0 saturated carbocycles. The highest BCUT2D eigenvalue weighted by molar-refractivity contribution is 5.23. The summed E-state index contributed by atoms with van der Waals surface area (Å²) in [7, 11) is 0. The van der Waals surface area contributed by atoms with Crippen molar-refractivity contribution >= 4 is 0 Å². The molecule has 3 rings (SSSR count). The molecule has 15 heavy (non-hydrogen) atoms. The summed E-state index contributed by atoms with van der Waals surface area (Å²) in [4.78, 5) is 5.49. The Morgan fingerprint density at radius 3 is 3.00 bits per heavy atom. The topological polar surface area (TPSA) is 33.7 Å². The largest absolute Gasteiger partial charge is 0.325 e. The van der Waals surface area contributed by atoms with Gasteiger partial charge in [-0.05, 0) is 0 Å². The number of nitrogens with one attached hydrogen (secondary N) is 1. The van der Waals surface area contributed by atoms with E-state index in [-0.39, 0.29) is 0 Å². The van der Waals surface area contributed by atoms with Gasteiger partial charge in [-0.2, -0.15) is 0 Å². The van der Waals surface area contributed by atoms with Gasteiger partial charge in [0.15, 0.2) is 12.5 Å². The summed E-state index contributed by atoms with van der Waals surface area (Å²) >= 11 is 0. The van der Waals surface area contributed by atoms with Crippen molar-refractivity contribution in [2.75, 3.05) is 26.4 Å². The molecule has 2 aliphatic rings. The molecule has 2 heterocycles. The van der Waals surface area contributed by atoms with E-state index in [1.807, 2.05) is 23.3 Å². The SMILES string of the molecule is c1ccc(C23CNCCN2OCO3)cc1. The van der Waals surface area contributed by atoms with Crippen LogP contribution in [0.5, 0.6) is 0 Å². The minimum atomic E-state index is -0.417. The van der Waals surface area contributed by atoms with Gasteiger partial charge in [0.05, 0.1) is 0 Å². The van der Waals surface area contributed by atoms with Crippen LogP contribution in [0.4, 0.5) is 0 Å². The van der Waals surface area contributed by atoms with E-state index in [0.29, 0.717) is 6.79 Å². The fourth-order valence-electron chi connectivity index (χ4n) is 2.21. The van der Waals surface area contributed by atoms with Gasteiger partial charge in [0, 0.05) is 25.2 Å². The molecule has 0 radical (unpaired) electrons. The Labute approximate surface area is 88.7 Å². The zero-order valence-electron chi connectivity index (χ0n) is 8.48. The molecule has 0 bridgehead atoms. The average molecular weight is 206 g/mol. The summed E-state index contributed by atoms with van der Waals surface area (Å²) < 4.78 is 5.77. The Bertz CT molecular complexity index is 344. The zero-order valence-corrected chi connectivity index (χ0v) is 8.48. The van der Waals surface area contributed by atoms with E-state index in [4.69, 9.17) is 9.57 Å². The maximum atomic E-state index is 5.77. The van der Waals surface area contributed by atoms with Crippen LogP contribution in [-0.4, -0.2) is 31.5 Å². The molecule has 1 unspecified atom stereocenters. The number of fused-ring (bicyclic) bond motifs is 1. The number of ether oxygens (including phenoxy) is 1. The summed E-state index contributed by atoms with van der Waals surface area (Å²) in [5, 5.41) is 5.29. The van der Waals surface area contributed by atoms with Gasteiger partial charge in [-0.25, -0.2) is 0 Å². The van der Waals surface area contributed by atoms with E-state index in [9.17, 15) is 0 Å². The minimum absolute atomic E-state index is 0.344. The third kappa shape index (κ3) is 1.38. The number of hydrogen-bond donors (Lipinski definition) is 1. The summed E-state index contributed by atoms with van der Waals surface area (Å²) in [6.45, 7) is 2.92. The summed E-state index contributed by atoms with van der Waals surface area (Å²) in [5.41, 5.74) is 0.731. The number of nitrogens with zero attached hydrogens (tertiary/aromatic N) is 1. The summed E-state index contributed by atoms with van der Waals surface area (Å²) in [6.07, 6.45) is 0. The Hall–Kier alpha value is -0.940. The van der Waals surface area contributed by atoms with E-state index in [1.54, 1.807) is 0 Å². The quantitative estimate of drug-likeness (QED) is 0.732. The van der Waals surface area contributed by atoms with Crippen molar-refractivity contribution in [3.05, 3.63) is 35.9 Å². The van der Waals surface area contributed by atoms with Gasteiger partial charge in [0.2, 0.25) is 0 Å². The fourth-order valence-corrected chi connectivity index (χ4v) is 2.21. The Morgan fingerprint density at radius 2 is 2.13 bits per heavy atom. The van der Waals surface area contributed by atoms with Crippen LogP contribution in [-0.2, 0) is 15.3 Å². The molecule has 2 fully saturated rings. The number of rotatable bonds is 1. The van der Waals surface area contributed by atoms with E-state index >= 15 is 0 Å². The number of hydrogen-bond acceptors (Lipinski definition) is 4. The van der Waals surface area contributed by atoms with E-state index < -0.39 is 5.72 Å². The maximum Gasteiger partial charge on any atom is 0.184 e. The van der Waals surface area contributed by atoms with Crippen LogP contribution in [0.25, 0.3) is 0 Å². The average Bonchev–Trinajstić information content (AvgIpc) is 2.75. The second-order valence-corrected chi connectivity index (χ2v) is 3.82. The lowest BCUT2D eigenvalue weighted by molar-refractivity contribution is -0.191. The van der Waals surface area contributed by atoms with Gasteiger partial charge in [0.25, 0.3) is 0 Å². The molecule has 4 nitrogen and oxygen atoms in total. The van der Waals surface area contributed by atoms with Crippen molar-refractivity contribution in [2.45, 2.75) is 5.72 Å². The summed E-state index contributed by atoms with van der Waals surface area (Å²) in [6, 6.07) is 10.2. The van der Waals surface area contributed by atoms with E-state index in [0.717, 1.165) is 25.2 Å². The van der Waals surface area contributed by atoms with Gasteiger partial charge in [-0.1, -0.05) is 30.3 Å². The highest BCUT2D eigenvalue weighted by atomic mass is 16.9. The molecule has 0 aromatic heterocycles. The number of piperazine rings is 1. The minimum Gasteiger partial charge on any atom is -0.325 e. The smallest absolute Gasteiger partial charge is 0.184 e. The number of benzene rings is 1. The molecule has 1 aromatic rings. The first kappa shape index (κ1) is 9.30. The van der Waals surface area contributed by atoms with E-state index in [1.165, 1.54) is 0 Å². The molecule has 1 N–H and O–H groups in total.